The molecule has 1 rings (SSSR count). The molecule has 1 heterocycles. The lowest BCUT2D eigenvalue weighted by Gasteiger charge is -2.10. The largest absolute Gasteiger partial charge is 0.289 e. The first-order chi connectivity index (χ1) is 4.83. The van der Waals surface area contributed by atoms with Gasteiger partial charge in [0.05, 0.1) is 5.16 Å². The average molecular weight is 174 g/mol. The normalized spacial score (nSPS) is 15.3. The third-order valence-corrected chi connectivity index (χ3v) is 1.18. The van der Waals surface area contributed by atoms with Gasteiger partial charge < -0.3 is 0 Å². The Morgan fingerprint density at radius 2 is 2.30 bits per heavy atom. The van der Waals surface area contributed by atoms with Crippen LogP contribution in [0.5, 0.6) is 0 Å². The molecule has 0 saturated heterocycles. The Morgan fingerprint density at radius 1 is 1.50 bits per heavy atom. The number of hydrogen-bond acceptors (Lipinski definition) is 4. The van der Waals surface area contributed by atoms with E-state index in [0.29, 0.717) is 11.0 Å². The molecule has 0 fully saturated rings. The highest BCUT2D eigenvalue weighted by molar-refractivity contribution is 7.78. The molecule has 0 aliphatic carbocycles. The third kappa shape index (κ3) is 1.84. The van der Waals surface area contributed by atoms with Crippen LogP contribution in [0, 0.1) is 0 Å². The molecule has 52 valence electrons. The van der Waals surface area contributed by atoms with Crippen LogP contribution >= 0.6 is 23.8 Å². The number of aliphatic imine (C=N–C) groups is 1. The molecule has 0 aromatic heterocycles. The topological polar surface area (TPSA) is 36.4 Å². The van der Waals surface area contributed by atoms with Gasteiger partial charge >= 0.3 is 0 Å². The molecule has 1 aliphatic heterocycles. The predicted octanol–water partition coefficient (Wildman–Crippen LogP) is 1.12. The van der Waals surface area contributed by atoms with E-state index in [1.807, 2.05) is 0 Å². The molecular formula is C5H4ClN3S. The van der Waals surface area contributed by atoms with Crippen LogP contribution in [0.25, 0.3) is 0 Å². The summed E-state index contributed by atoms with van der Waals surface area (Å²) in [5.74, 6) is 0.597. The summed E-state index contributed by atoms with van der Waals surface area (Å²) in [6.45, 7) is 0. The van der Waals surface area contributed by atoms with Crippen molar-refractivity contribution in [2.24, 2.45) is 4.99 Å². The highest BCUT2D eigenvalue weighted by Crippen LogP contribution is 2.02. The van der Waals surface area contributed by atoms with E-state index in [1.165, 1.54) is 0 Å². The molecule has 0 aromatic carbocycles. The summed E-state index contributed by atoms with van der Waals surface area (Å²) >= 11 is 9.92. The van der Waals surface area contributed by atoms with E-state index in [0.717, 1.165) is 0 Å². The monoisotopic (exact) mass is 173 g/mol. The SMILES string of the molecule is S=C=NC1=CC=C(Cl)NN1. The van der Waals surface area contributed by atoms with Gasteiger partial charge in [-0.2, -0.15) is 4.99 Å². The van der Waals surface area contributed by atoms with Crippen molar-refractivity contribution in [2.75, 3.05) is 0 Å². The van der Waals surface area contributed by atoms with Crippen molar-refractivity contribution in [3.8, 4) is 0 Å². The van der Waals surface area contributed by atoms with Crippen LogP contribution in [0.2, 0.25) is 0 Å². The summed E-state index contributed by atoms with van der Waals surface area (Å²) in [4.78, 5) is 3.67. The third-order valence-electron chi connectivity index (χ3n) is 0.864. The van der Waals surface area contributed by atoms with E-state index >= 15 is 0 Å². The van der Waals surface area contributed by atoms with Crippen LogP contribution in [0.1, 0.15) is 0 Å². The lowest BCUT2D eigenvalue weighted by Crippen LogP contribution is -2.29. The highest BCUT2D eigenvalue weighted by Gasteiger charge is 1.97. The number of allylic oxidation sites excluding steroid dienone is 2. The van der Waals surface area contributed by atoms with Gasteiger partial charge in [-0.1, -0.05) is 11.6 Å². The minimum absolute atomic E-state index is 0.517. The molecule has 3 nitrogen and oxygen atoms in total. The Hall–Kier alpha value is -0.830. The zero-order valence-corrected chi connectivity index (χ0v) is 6.46. The Balaban J connectivity index is 2.73. The molecule has 0 spiro atoms. The summed E-state index contributed by atoms with van der Waals surface area (Å²) in [7, 11) is 0. The van der Waals surface area contributed by atoms with Gasteiger partial charge in [0, 0.05) is 0 Å². The number of thiocarbonyl (C=S) groups is 1. The number of rotatable bonds is 1. The summed E-state index contributed by atoms with van der Waals surface area (Å²) in [6, 6.07) is 0. The second kappa shape index (κ2) is 3.37. The molecule has 5 heteroatoms. The van der Waals surface area contributed by atoms with E-state index < -0.39 is 0 Å². The Bertz CT molecular complexity index is 239. The zero-order valence-electron chi connectivity index (χ0n) is 4.89. The van der Waals surface area contributed by atoms with Crippen molar-refractivity contribution in [3.63, 3.8) is 0 Å². The van der Waals surface area contributed by atoms with Crippen LogP contribution in [0.3, 0.4) is 0 Å². The van der Waals surface area contributed by atoms with Gasteiger partial charge in [-0.05, 0) is 24.4 Å². The summed E-state index contributed by atoms with van der Waals surface area (Å²) in [6.07, 6.45) is 3.36. The Morgan fingerprint density at radius 3 is 2.80 bits per heavy atom. The second-order valence-electron chi connectivity index (χ2n) is 1.52. The van der Waals surface area contributed by atoms with Gasteiger partial charge in [0.25, 0.3) is 0 Å². The minimum Gasteiger partial charge on any atom is -0.289 e. The first kappa shape index (κ1) is 7.28. The summed E-state index contributed by atoms with van der Waals surface area (Å²) in [5, 5.41) is 2.73. The van der Waals surface area contributed by atoms with Gasteiger partial charge in [0.2, 0.25) is 0 Å². The average Bonchev–Trinajstić information content (AvgIpc) is 1.95. The van der Waals surface area contributed by atoms with Gasteiger partial charge in [0.1, 0.15) is 5.16 Å². The lowest BCUT2D eigenvalue weighted by molar-refractivity contribution is 0.699. The van der Waals surface area contributed by atoms with E-state index in [1.54, 1.807) is 12.2 Å². The van der Waals surface area contributed by atoms with Crippen LogP contribution in [0.15, 0.2) is 28.1 Å². The van der Waals surface area contributed by atoms with Crippen LogP contribution in [-0.4, -0.2) is 5.16 Å². The Kier molecular flexibility index (Phi) is 2.45. The summed E-state index contributed by atoms with van der Waals surface area (Å²) < 4.78 is 0. The molecule has 10 heavy (non-hydrogen) atoms. The first-order valence-corrected chi connectivity index (χ1v) is 3.29. The lowest BCUT2D eigenvalue weighted by atomic mass is 10.5. The maximum Gasteiger partial charge on any atom is 0.155 e. The fourth-order valence-corrected chi connectivity index (χ4v) is 0.682. The van der Waals surface area contributed by atoms with Crippen molar-refractivity contribution in [1.29, 1.82) is 0 Å². The van der Waals surface area contributed by atoms with Crippen molar-refractivity contribution in [2.45, 2.75) is 0 Å². The second-order valence-corrected chi connectivity index (χ2v) is 2.11. The molecule has 0 amide bonds. The van der Waals surface area contributed by atoms with E-state index in [9.17, 15) is 0 Å². The molecule has 0 bridgehead atoms. The maximum absolute atomic E-state index is 5.54. The van der Waals surface area contributed by atoms with E-state index in [-0.39, 0.29) is 0 Å². The summed E-state index contributed by atoms with van der Waals surface area (Å²) in [5.41, 5.74) is 5.33. The minimum atomic E-state index is 0.517. The van der Waals surface area contributed by atoms with E-state index in [2.05, 4.69) is 33.2 Å². The number of halogens is 1. The number of nitrogens with zero attached hydrogens (tertiary/aromatic N) is 1. The van der Waals surface area contributed by atoms with Gasteiger partial charge in [0.15, 0.2) is 5.82 Å². The number of hydrogen-bond donors (Lipinski definition) is 2. The molecule has 1 aliphatic rings. The zero-order chi connectivity index (χ0) is 7.40. The maximum atomic E-state index is 5.54. The van der Waals surface area contributed by atoms with Gasteiger partial charge in [-0.3, -0.25) is 10.9 Å². The molecule has 0 unspecified atom stereocenters. The molecular weight excluding hydrogens is 170 g/mol. The van der Waals surface area contributed by atoms with Crippen LogP contribution < -0.4 is 10.9 Å². The molecule has 2 N–H and O–H groups in total. The van der Waals surface area contributed by atoms with Crippen molar-refractivity contribution in [3.05, 3.63) is 23.1 Å². The van der Waals surface area contributed by atoms with Crippen LogP contribution in [0.4, 0.5) is 0 Å². The fourth-order valence-electron chi connectivity index (χ4n) is 0.474. The number of nitrogens with one attached hydrogen (secondary N) is 2. The van der Waals surface area contributed by atoms with Crippen molar-refractivity contribution in [1.82, 2.24) is 10.9 Å². The predicted molar refractivity (Wildman–Crippen MR) is 43.3 cm³/mol. The first-order valence-electron chi connectivity index (χ1n) is 2.50. The van der Waals surface area contributed by atoms with Crippen molar-refractivity contribution >= 4 is 29.0 Å². The smallest absolute Gasteiger partial charge is 0.155 e. The fraction of sp³-hybridized carbons (Fsp3) is 0. The highest BCUT2D eigenvalue weighted by atomic mass is 35.5. The Labute approximate surface area is 68.4 Å². The van der Waals surface area contributed by atoms with E-state index in [4.69, 9.17) is 11.6 Å². The number of isothiocyanates is 1. The quantitative estimate of drug-likeness (QED) is 0.355. The number of hydrazine groups is 1. The molecule has 0 radical (unpaired) electrons. The molecule has 0 aromatic rings. The van der Waals surface area contributed by atoms with Crippen molar-refractivity contribution < 1.29 is 0 Å². The molecule has 0 atom stereocenters. The van der Waals surface area contributed by atoms with Crippen LogP contribution in [-0.2, 0) is 0 Å². The molecule has 0 saturated carbocycles. The standard InChI is InChI=1S/C5H4ClN3S/c6-4-1-2-5(7-3-10)9-8-4/h1-2,8-9H. The van der Waals surface area contributed by atoms with Gasteiger partial charge in [-0.15, -0.1) is 0 Å². The van der Waals surface area contributed by atoms with Gasteiger partial charge in [-0.25, -0.2) is 0 Å².